The number of carbonyl (C=O) groups is 1. The number of hydrogen-bond donors (Lipinski definition) is 1. The zero-order valence-electron chi connectivity index (χ0n) is 17.4. The maximum atomic E-state index is 13.0. The topological polar surface area (TPSA) is 101 Å². The van der Waals surface area contributed by atoms with Gasteiger partial charge in [-0.2, -0.15) is 4.31 Å². The van der Waals surface area contributed by atoms with Gasteiger partial charge in [0.2, 0.25) is 21.1 Å². The zero-order valence-corrected chi connectivity index (χ0v) is 19.8. The normalized spacial score (nSPS) is 14.9. The highest BCUT2D eigenvalue weighted by Crippen LogP contribution is 2.28. The summed E-state index contributed by atoms with van der Waals surface area (Å²) in [7, 11) is -2.02. The number of thioether (sulfide) groups is 1. The van der Waals surface area contributed by atoms with Crippen molar-refractivity contribution in [1.82, 2.24) is 14.5 Å². The lowest BCUT2D eigenvalue weighted by molar-refractivity contribution is -0.116. The van der Waals surface area contributed by atoms with E-state index >= 15 is 0 Å². The predicted molar refractivity (Wildman–Crippen MR) is 123 cm³/mol. The molecule has 1 amide bonds. The van der Waals surface area contributed by atoms with Crippen LogP contribution in [0.5, 0.6) is 5.75 Å². The van der Waals surface area contributed by atoms with E-state index in [2.05, 4.69) is 22.1 Å². The summed E-state index contributed by atoms with van der Waals surface area (Å²) in [5.41, 5.74) is 0.676. The summed E-state index contributed by atoms with van der Waals surface area (Å²) in [5.74, 6) is 1.06. The summed E-state index contributed by atoms with van der Waals surface area (Å²) >= 11 is 2.80. The van der Waals surface area contributed by atoms with Gasteiger partial charge in [0, 0.05) is 25.3 Å². The molecule has 11 heteroatoms. The number of carbonyl (C=O) groups excluding carboxylic acids is 1. The van der Waals surface area contributed by atoms with Gasteiger partial charge in [0.15, 0.2) is 4.34 Å². The number of hydrogen-bond acceptors (Lipinski definition) is 8. The van der Waals surface area contributed by atoms with Crippen LogP contribution in [-0.2, 0) is 21.2 Å². The average molecular weight is 483 g/mol. The van der Waals surface area contributed by atoms with Gasteiger partial charge < -0.3 is 10.1 Å². The minimum Gasteiger partial charge on any atom is -0.496 e. The lowest BCUT2D eigenvalue weighted by Gasteiger charge is -2.26. The number of nitrogens with one attached hydrogen (secondary N) is 1. The van der Waals surface area contributed by atoms with E-state index in [1.54, 1.807) is 24.3 Å². The molecule has 0 unspecified atom stereocenters. The average Bonchev–Trinajstić information content (AvgIpc) is 3.23. The van der Waals surface area contributed by atoms with E-state index in [9.17, 15) is 13.2 Å². The Morgan fingerprint density at radius 1 is 1.32 bits per heavy atom. The Kier molecular flexibility index (Phi) is 8.47. The van der Waals surface area contributed by atoms with E-state index in [1.807, 2.05) is 0 Å². The SMILES string of the molecule is C=CCSc1nnc(NC(=O)CCc2cc(S(=O)(=O)N3CCCCC3)ccc2OC)s1. The Morgan fingerprint density at radius 2 is 2.10 bits per heavy atom. The lowest BCUT2D eigenvalue weighted by Crippen LogP contribution is -2.35. The quantitative estimate of drug-likeness (QED) is 0.314. The molecule has 0 aliphatic carbocycles. The van der Waals surface area contributed by atoms with Gasteiger partial charge in [0.1, 0.15) is 5.75 Å². The number of piperidine rings is 1. The largest absolute Gasteiger partial charge is 0.496 e. The van der Waals surface area contributed by atoms with E-state index < -0.39 is 10.0 Å². The van der Waals surface area contributed by atoms with Crippen molar-refractivity contribution in [1.29, 1.82) is 0 Å². The van der Waals surface area contributed by atoms with Crippen LogP contribution in [0.2, 0.25) is 0 Å². The third-order valence-electron chi connectivity index (χ3n) is 4.80. The van der Waals surface area contributed by atoms with E-state index in [4.69, 9.17) is 4.74 Å². The first kappa shape index (κ1) is 23.7. The van der Waals surface area contributed by atoms with Crippen molar-refractivity contribution < 1.29 is 17.9 Å². The summed E-state index contributed by atoms with van der Waals surface area (Å²) < 4.78 is 33.6. The molecule has 0 radical (unpaired) electrons. The molecule has 2 aromatic rings. The molecule has 1 fully saturated rings. The van der Waals surface area contributed by atoms with Crippen LogP contribution in [-0.4, -0.2) is 54.8 Å². The van der Waals surface area contributed by atoms with Crippen LogP contribution < -0.4 is 10.1 Å². The predicted octanol–water partition coefficient (Wildman–Crippen LogP) is 3.57. The molecule has 1 N–H and O–H groups in total. The number of anilines is 1. The molecular formula is C20H26N4O4S3. The number of sulfonamides is 1. The van der Waals surface area contributed by atoms with Gasteiger partial charge in [-0.1, -0.05) is 35.6 Å². The summed E-state index contributed by atoms with van der Waals surface area (Å²) in [6.07, 6.45) is 5.09. The molecule has 8 nitrogen and oxygen atoms in total. The number of aryl methyl sites for hydroxylation is 1. The highest BCUT2D eigenvalue weighted by Gasteiger charge is 2.26. The van der Waals surface area contributed by atoms with Crippen molar-refractivity contribution in [2.75, 3.05) is 31.3 Å². The van der Waals surface area contributed by atoms with E-state index in [1.165, 1.54) is 34.5 Å². The molecule has 0 saturated carbocycles. The molecule has 3 rings (SSSR count). The minimum absolute atomic E-state index is 0.165. The second-order valence-electron chi connectivity index (χ2n) is 6.96. The molecule has 1 aliphatic rings. The molecule has 1 saturated heterocycles. The first-order valence-electron chi connectivity index (χ1n) is 9.98. The van der Waals surface area contributed by atoms with Crippen molar-refractivity contribution in [3.05, 3.63) is 36.4 Å². The Bertz CT molecular complexity index is 1020. The van der Waals surface area contributed by atoms with Crippen molar-refractivity contribution in [3.63, 3.8) is 0 Å². The Labute approximate surface area is 191 Å². The number of nitrogens with zero attached hydrogens (tertiary/aromatic N) is 3. The monoisotopic (exact) mass is 482 g/mol. The van der Waals surface area contributed by atoms with Crippen molar-refractivity contribution >= 4 is 44.2 Å². The number of amides is 1. The standard InChI is InChI=1S/C20H26N4O4S3/c1-3-13-29-20-23-22-19(30-20)21-18(25)10-7-15-14-16(8-9-17(15)28-2)31(26,27)24-11-5-4-6-12-24/h3,8-9,14H,1,4-7,10-13H2,2H3,(H,21,22,25). The third kappa shape index (κ3) is 6.28. The molecule has 0 spiro atoms. The fourth-order valence-electron chi connectivity index (χ4n) is 3.24. The molecule has 0 bridgehead atoms. The number of aromatic nitrogens is 2. The smallest absolute Gasteiger partial charge is 0.243 e. The van der Waals surface area contributed by atoms with Crippen LogP contribution in [0, 0.1) is 0 Å². The first-order chi connectivity index (χ1) is 14.9. The maximum Gasteiger partial charge on any atom is 0.243 e. The minimum atomic E-state index is -3.55. The van der Waals surface area contributed by atoms with Gasteiger partial charge in [0.25, 0.3) is 0 Å². The zero-order chi connectivity index (χ0) is 22.3. The third-order valence-corrected chi connectivity index (χ3v) is 8.67. The molecule has 168 valence electrons. The molecular weight excluding hydrogens is 456 g/mol. The van der Waals surface area contributed by atoms with Gasteiger partial charge in [-0.15, -0.1) is 16.8 Å². The van der Waals surface area contributed by atoms with E-state index in [0.29, 0.717) is 36.0 Å². The Morgan fingerprint density at radius 3 is 2.81 bits per heavy atom. The van der Waals surface area contributed by atoms with Gasteiger partial charge in [0.05, 0.1) is 12.0 Å². The highest BCUT2D eigenvalue weighted by molar-refractivity contribution is 8.01. The number of rotatable bonds is 10. The lowest BCUT2D eigenvalue weighted by atomic mass is 10.1. The van der Waals surface area contributed by atoms with Crippen molar-refractivity contribution in [2.45, 2.75) is 41.3 Å². The van der Waals surface area contributed by atoms with Crippen LogP contribution in [0.4, 0.5) is 5.13 Å². The maximum absolute atomic E-state index is 13.0. The summed E-state index contributed by atoms with van der Waals surface area (Å²) in [4.78, 5) is 12.6. The van der Waals surface area contributed by atoms with Crippen molar-refractivity contribution in [3.8, 4) is 5.75 Å². The molecule has 1 aromatic heterocycles. The van der Waals surface area contributed by atoms with Crippen LogP contribution in [0.1, 0.15) is 31.2 Å². The Balaban J connectivity index is 1.66. The summed E-state index contributed by atoms with van der Waals surface area (Å²) in [6.45, 7) is 4.75. The van der Waals surface area contributed by atoms with Crippen LogP contribution in [0.25, 0.3) is 0 Å². The molecule has 0 atom stereocenters. The number of benzene rings is 1. The number of methoxy groups -OCH3 is 1. The Hall–Kier alpha value is -1.95. The van der Waals surface area contributed by atoms with Gasteiger partial charge in [-0.3, -0.25) is 4.79 Å². The van der Waals surface area contributed by atoms with Crippen LogP contribution in [0.15, 0.2) is 40.1 Å². The van der Waals surface area contributed by atoms with E-state index in [0.717, 1.165) is 29.4 Å². The van der Waals surface area contributed by atoms with Crippen molar-refractivity contribution in [2.24, 2.45) is 0 Å². The molecule has 31 heavy (non-hydrogen) atoms. The summed E-state index contributed by atoms with van der Waals surface area (Å²) in [5, 5.41) is 11.2. The fourth-order valence-corrected chi connectivity index (χ4v) is 6.34. The van der Waals surface area contributed by atoms with Gasteiger partial charge >= 0.3 is 0 Å². The fraction of sp³-hybridized carbons (Fsp3) is 0.450. The van der Waals surface area contributed by atoms with Crippen LogP contribution in [0.3, 0.4) is 0 Å². The number of ether oxygens (including phenoxy) is 1. The highest BCUT2D eigenvalue weighted by atomic mass is 32.2. The first-order valence-corrected chi connectivity index (χ1v) is 13.2. The summed E-state index contributed by atoms with van der Waals surface area (Å²) in [6, 6.07) is 4.83. The second-order valence-corrected chi connectivity index (χ2v) is 11.1. The van der Waals surface area contributed by atoms with Crippen LogP contribution >= 0.6 is 23.1 Å². The van der Waals surface area contributed by atoms with Gasteiger partial charge in [-0.25, -0.2) is 8.42 Å². The molecule has 2 heterocycles. The molecule has 1 aliphatic heterocycles. The van der Waals surface area contributed by atoms with Gasteiger partial charge in [-0.05, 0) is 43.0 Å². The molecule has 1 aromatic carbocycles. The second kappa shape index (κ2) is 11.1. The van der Waals surface area contributed by atoms with E-state index in [-0.39, 0.29) is 17.2 Å².